The average molecular weight is 381 g/mol. The van der Waals surface area contributed by atoms with E-state index in [1.165, 1.54) is 11.8 Å². The first-order chi connectivity index (χ1) is 13.0. The van der Waals surface area contributed by atoms with Crippen molar-refractivity contribution in [3.8, 4) is 11.4 Å². The molecule has 3 N–H and O–H groups in total. The Morgan fingerprint density at radius 2 is 1.74 bits per heavy atom. The van der Waals surface area contributed by atoms with Crippen LogP contribution in [0, 0.1) is 6.92 Å². The van der Waals surface area contributed by atoms with Gasteiger partial charge in [0.15, 0.2) is 5.82 Å². The zero-order valence-electron chi connectivity index (χ0n) is 14.9. The Hall–Kier alpha value is -3.13. The van der Waals surface area contributed by atoms with Crippen LogP contribution in [0.4, 0.5) is 0 Å². The molecule has 138 valence electrons. The summed E-state index contributed by atoms with van der Waals surface area (Å²) in [5, 5.41) is 6.99. The number of amides is 2. The molecule has 0 fully saturated rings. The Bertz CT molecular complexity index is 925. The monoisotopic (exact) mass is 381 g/mol. The first-order valence-corrected chi connectivity index (χ1v) is 9.22. The number of hydrogen-bond acceptors (Lipinski definition) is 5. The minimum Gasteiger partial charge on any atom is -0.272 e. The summed E-state index contributed by atoms with van der Waals surface area (Å²) in [4.78, 5) is 28.5. The van der Waals surface area contributed by atoms with Crippen molar-refractivity contribution in [2.75, 3.05) is 0 Å². The van der Waals surface area contributed by atoms with Crippen molar-refractivity contribution in [1.82, 2.24) is 26.0 Å². The third-order valence-electron chi connectivity index (χ3n) is 3.78. The molecule has 1 heterocycles. The van der Waals surface area contributed by atoms with Crippen molar-refractivity contribution in [3.05, 3.63) is 65.7 Å². The number of H-pyrrole nitrogens is 1. The maximum Gasteiger partial charge on any atom is 0.269 e. The van der Waals surface area contributed by atoms with Gasteiger partial charge in [-0.25, -0.2) is 4.98 Å². The van der Waals surface area contributed by atoms with E-state index in [1.807, 2.05) is 37.3 Å². The molecule has 0 radical (unpaired) electrons. The first kappa shape index (κ1) is 18.7. The van der Waals surface area contributed by atoms with Gasteiger partial charge in [-0.1, -0.05) is 59.8 Å². The molecular weight excluding hydrogens is 362 g/mol. The highest BCUT2D eigenvalue weighted by Gasteiger charge is 2.18. The lowest BCUT2D eigenvalue weighted by Crippen LogP contribution is -2.44. The molecule has 3 aromatic rings. The summed E-state index contributed by atoms with van der Waals surface area (Å²) in [7, 11) is 0. The molecule has 2 aromatic carbocycles. The van der Waals surface area contributed by atoms with Crippen LogP contribution in [0.2, 0.25) is 0 Å². The van der Waals surface area contributed by atoms with Gasteiger partial charge in [-0.2, -0.15) is 0 Å². The zero-order valence-corrected chi connectivity index (χ0v) is 15.7. The first-order valence-electron chi connectivity index (χ1n) is 8.34. The van der Waals surface area contributed by atoms with Crippen LogP contribution >= 0.6 is 11.8 Å². The second-order valence-corrected chi connectivity index (χ2v) is 7.21. The highest BCUT2D eigenvalue weighted by molar-refractivity contribution is 8.00. The fourth-order valence-corrected chi connectivity index (χ4v) is 2.96. The van der Waals surface area contributed by atoms with Crippen LogP contribution in [0.3, 0.4) is 0 Å². The van der Waals surface area contributed by atoms with E-state index < -0.39 is 5.25 Å². The van der Waals surface area contributed by atoms with E-state index in [1.54, 1.807) is 31.2 Å². The minimum absolute atomic E-state index is 0.342. The van der Waals surface area contributed by atoms with Crippen LogP contribution in [0.1, 0.15) is 22.8 Å². The SMILES string of the molecule is Cc1ccc(-c2nc(S[C@@H](C)C(=O)NNC(=O)c3ccccc3)n[nH]2)cc1. The largest absolute Gasteiger partial charge is 0.272 e. The summed E-state index contributed by atoms with van der Waals surface area (Å²) in [6, 6.07) is 16.6. The molecular formula is C19H19N5O2S. The lowest BCUT2D eigenvalue weighted by atomic mass is 10.1. The summed E-state index contributed by atoms with van der Waals surface area (Å²) < 4.78 is 0. The van der Waals surface area contributed by atoms with Crippen LogP contribution in [-0.4, -0.2) is 32.2 Å². The fraction of sp³-hybridized carbons (Fsp3) is 0.158. The van der Waals surface area contributed by atoms with E-state index >= 15 is 0 Å². The Kier molecular flexibility index (Phi) is 5.87. The van der Waals surface area contributed by atoms with Gasteiger partial charge in [0.25, 0.3) is 11.8 Å². The molecule has 0 aliphatic carbocycles. The predicted molar refractivity (Wildman–Crippen MR) is 104 cm³/mol. The van der Waals surface area contributed by atoms with Crippen LogP contribution < -0.4 is 10.9 Å². The van der Waals surface area contributed by atoms with Gasteiger partial charge in [-0.05, 0) is 26.0 Å². The topological polar surface area (TPSA) is 99.8 Å². The molecule has 0 aliphatic rings. The van der Waals surface area contributed by atoms with Gasteiger partial charge < -0.3 is 0 Å². The van der Waals surface area contributed by atoms with Crippen molar-refractivity contribution in [1.29, 1.82) is 0 Å². The maximum absolute atomic E-state index is 12.2. The van der Waals surface area contributed by atoms with Crippen LogP contribution in [0.25, 0.3) is 11.4 Å². The second kappa shape index (κ2) is 8.50. The number of nitrogens with one attached hydrogen (secondary N) is 3. The number of hydrogen-bond donors (Lipinski definition) is 3. The van der Waals surface area contributed by atoms with Crippen LogP contribution in [0.5, 0.6) is 0 Å². The predicted octanol–water partition coefficient (Wildman–Crippen LogP) is 2.72. The van der Waals surface area contributed by atoms with Crippen molar-refractivity contribution in [3.63, 3.8) is 0 Å². The van der Waals surface area contributed by atoms with Gasteiger partial charge in [-0.3, -0.25) is 25.5 Å². The van der Waals surface area contributed by atoms with E-state index in [4.69, 9.17) is 0 Å². The summed E-state index contributed by atoms with van der Waals surface area (Å²) >= 11 is 1.20. The van der Waals surface area contributed by atoms with Crippen molar-refractivity contribution >= 4 is 23.6 Å². The molecule has 0 saturated heterocycles. The zero-order chi connectivity index (χ0) is 19.2. The van der Waals surface area contributed by atoms with Gasteiger partial charge in [0.05, 0.1) is 5.25 Å². The summed E-state index contributed by atoms with van der Waals surface area (Å²) in [5.41, 5.74) is 7.38. The minimum atomic E-state index is -0.484. The van der Waals surface area contributed by atoms with Crippen molar-refractivity contribution < 1.29 is 9.59 Å². The highest BCUT2D eigenvalue weighted by Crippen LogP contribution is 2.22. The molecule has 0 saturated carbocycles. The molecule has 0 aliphatic heterocycles. The van der Waals surface area contributed by atoms with E-state index in [0.29, 0.717) is 16.5 Å². The number of thioether (sulfide) groups is 1. The van der Waals surface area contributed by atoms with Gasteiger partial charge in [-0.15, -0.1) is 5.10 Å². The summed E-state index contributed by atoms with van der Waals surface area (Å²) in [6.45, 7) is 3.74. The molecule has 27 heavy (non-hydrogen) atoms. The second-order valence-electron chi connectivity index (χ2n) is 5.90. The van der Waals surface area contributed by atoms with Gasteiger partial charge in [0.1, 0.15) is 0 Å². The average Bonchev–Trinajstić information content (AvgIpc) is 3.15. The van der Waals surface area contributed by atoms with Crippen LogP contribution in [-0.2, 0) is 4.79 Å². The molecule has 2 amide bonds. The van der Waals surface area contributed by atoms with E-state index in [9.17, 15) is 9.59 Å². The van der Waals surface area contributed by atoms with Crippen LogP contribution in [0.15, 0.2) is 59.8 Å². The van der Waals surface area contributed by atoms with Crippen molar-refractivity contribution in [2.24, 2.45) is 0 Å². The number of rotatable bonds is 5. The van der Waals surface area contributed by atoms with Gasteiger partial charge in [0, 0.05) is 11.1 Å². The number of nitrogens with zero attached hydrogens (tertiary/aromatic N) is 2. The molecule has 1 aromatic heterocycles. The van der Waals surface area contributed by atoms with E-state index in [0.717, 1.165) is 11.1 Å². The standard InChI is InChI=1S/C19H19N5O2S/c1-12-8-10-14(11-9-12)16-20-19(24-21-16)27-13(2)17(25)22-23-18(26)15-6-4-3-5-7-15/h3-11,13H,1-2H3,(H,22,25)(H,23,26)(H,20,21,24)/t13-/m0/s1. The molecule has 0 unspecified atom stereocenters. The van der Waals surface area contributed by atoms with E-state index in [2.05, 4.69) is 26.0 Å². The van der Waals surface area contributed by atoms with Gasteiger partial charge in [0.2, 0.25) is 5.16 Å². The number of hydrazine groups is 1. The quantitative estimate of drug-likeness (QED) is 0.466. The Morgan fingerprint density at radius 1 is 1.04 bits per heavy atom. The number of aromatic amines is 1. The summed E-state index contributed by atoms with van der Waals surface area (Å²) in [5.74, 6) is -0.0749. The van der Waals surface area contributed by atoms with Gasteiger partial charge >= 0.3 is 0 Å². The summed E-state index contributed by atoms with van der Waals surface area (Å²) in [6.07, 6.45) is 0. The Morgan fingerprint density at radius 3 is 2.44 bits per heavy atom. The maximum atomic E-state index is 12.2. The molecule has 1 atom stereocenters. The third kappa shape index (κ3) is 4.95. The smallest absolute Gasteiger partial charge is 0.269 e. The molecule has 7 nitrogen and oxygen atoms in total. The molecule has 0 bridgehead atoms. The normalized spacial score (nSPS) is 11.6. The lowest BCUT2D eigenvalue weighted by Gasteiger charge is -2.11. The molecule has 8 heteroatoms. The lowest BCUT2D eigenvalue weighted by molar-refractivity contribution is -0.121. The molecule has 3 rings (SSSR count). The molecule has 0 spiro atoms. The van der Waals surface area contributed by atoms with E-state index in [-0.39, 0.29) is 11.8 Å². The van der Waals surface area contributed by atoms with Crippen molar-refractivity contribution in [2.45, 2.75) is 24.3 Å². The number of aromatic nitrogens is 3. The Balaban J connectivity index is 1.54. The Labute approximate surface area is 161 Å². The number of carbonyl (C=O) groups excluding carboxylic acids is 2. The number of carbonyl (C=O) groups is 2. The number of benzene rings is 2. The third-order valence-corrected chi connectivity index (χ3v) is 4.74. The highest BCUT2D eigenvalue weighted by atomic mass is 32.2. The number of aryl methyl sites for hydroxylation is 1. The fourth-order valence-electron chi connectivity index (χ4n) is 2.23.